The smallest absolute Gasteiger partial charge is 0.140 e. The van der Waals surface area contributed by atoms with E-state index in [4.69, 9.17) is 0 Å². The Kier molecular flexibility index (Phi) is 4.05. The van der Waals surface area contributed by atoms with Crippen LogP contribution in [0, 0.1) is 11.6 Å². The van der Waals surface area contributed by atoms with Gasteiger partial charge in [0.15, 0.2) is 0 Å². The van der Waals surface area contributed by atoms with Crippen LogP contribution in [-0.2, 0) is 0 Å². The Balaban J connectivity index is 0.000000810. The molecule has 0 fully saturated rings. The van der Waals surface area contributed by atoms with Gasteiger partial charge in [0.2, 0.25) is 0 Å². The van der Waals surface area contributed by atoms with Crippen LogP contribution >= 0.6 is 32.9 Å². The minimum atomic E-state index is -0.574. The first kappa shape index (κ1) is 10.0. The van der Waals surface area contributed by atoms with E-state index in [0.717, 1.165) is 0 Å². The van der Waals surface area contributed by atoms with Crippen molar-refractivity contribution >= 4 is 32.9 Å². The van der Waals surface area contributed by atoms with Gasteiger partial charge in [-0.1, -0.05) is 6.07 Å². The van der Waals surface area contributed by atoms with Crippen LogP contribution in [0.2, 0.25) is 0 Å². The maximum atomic E-state index is 12.3. The lowest BCUT2D eigenvalue weighted by Gasteiger charge is -1.92. The largest absolute Gasteiger partial charge is 0.206 e. The average molecular weight is 274 g/mol. The van der Waals surface area contributed by atoms with Gasteiger partial charge in [-0.15, -0.1) is 17.0 Å². The summed E-state index contributed by atoms with van der Waals surface area (Å²) in [6.07, 6.45) is 0. The lowest BCUT2D eigenvalue weighted by Crippen LogP contribution is -1.80. The molecule has 4 heteroatoms. The van der Waals surface area contributed by atoms with Crippen molar-refractivity contribution in [1.82, 2.24) is 0 Å². The summed E-state index contributed by atoms with van der Waals surface area (Å²) in [5.41, 5.74) is 0. The van der Waals surface area contributed by atoms with Gasteiger partial charge in [-0.25, -0.2) is 8.78 Å². The highest BCUT2D eigenvalue weighted by Crippen LogP contribution is 2.17. The summed E-state index contributed by atoms with van der Waals surface area (Å²) in [7, 11) is 0. The molecule has 0 aromatic heterocycles. The molecule has 0 radical (unpaired) electrons. The van der Waals surface area contributed by atoms with Crippen LogP contribution in [-0.4, -0.2) is 0 Å². The summed E-state index contributed by atoms with van der Waals surface area (Å²) in [5.74, 6) is -1.15. The van der Waals surface area contributed by atoms with Crippen LogP contribution in [0.3, 0.4) is 0 Å². The van der Waals surface area contributed by atoms with Crippen molar-refractivity contribution in [2.45, 2.75) is 0 Å². The highest BCUT2D eigenvalue weighted by Gasteiger charge is 2.01. The van der Waals surface area contributed by atoms with Crippen LogP contribution in [0.5, 0.6) is 0 Å². The molecule has 0 aliphatic carbocycles. The molecule has 0 nitrogen and oxygen atoms in total. The monoisotopic (exact) mass is 272 g/mol. The Morgan fingerprint density at radius 3 is 1.80 bits per heavy atom. The van der Waals surface area contributed by atoms with Crippen LogP contribution in [0.1, 0.15) is 0 Å². The molecule has 1 rings (SSSR count). The minimum absolute atomic E-state index is 0. The molecule has 0 spiro atoms. The number of rotatable bonds is 0. The van der Waals surface area contributed by atoms with Crippen molar-refractivity contribution in [1.29, 1.82) is 0 Å². The lowest BCUT2D eigenvalue weighted by atomic mass is 10.3. The minimum Gasteiger partial charge on any atom is -0.206 e. The van der Waals surface area contributed by atoms with E-state index in [-0.39, 0.29) is 21.5 Å². The van der Waals surface area contributed by atoms with Gasteiger partial charge < -0.3 is 0 Å². The number of hydrogen-bond donors (Lipinski definition) is 0. The molecule has 0 amide bonds. The number of benzene rings is 1. The van der Waals surface area contributed by atoms with Gasteiger partial charge in [0.25, 0.3) is 0 Å². The molecule has 0 atom stereocenters. The Labute approximate surface area is 76.1 Å². The first-order valence-electron chi connectivity index (χ1n) is 2.31. The van der Waals surface area contributed by atoms with E-state index in [1.54, 1.807) is 0 Å². The first-order valence-corrected chi connectivity index (χ1v) is 3.10. The molecule has 10 heavy (non-hydrogen) atoms. The molecule has 0 N–H and O–H groups in total. The van der Waals surface area contributed by atoms with Gasteiger partial charge in [-0.05, 0) is 28.1 Å². The molecule has 0 aliphatic rings. The average Bonchev–Trinajstić information content (AvgIpc) is 1.83. The predicted molar refractivity (Wildman–Crippen MR) is 44.4 cm³/mol. The van der Waals surface area contributed by atoms with E-state index in [2.05, 4.69) is 15.9 Å². The van der Waals surface area contributed by atoms with Crippen LogP contribution < -0.4 is 0 Å². The van der Waals surface area contributed by atoms with E-state index < -0.39 is 11.6 Å². The second-order valence-corrected chi connectivity index (χ2v) is 2.33. The molecule has 0 saturated heterocycles. The lowest BCUT2D eigenvalue weighted by molar-refractivity contribution is 0.572. The normalized spacial score (nSPS) is 8.70. The maximum Gasteiger partial charge on any atom is 0.140 e. The molecule has 0 aliphatic heterocycles. The third-order valence-corrected chi connectivity index (χ3v) is 1.66. The fourth-order valence-electron chi connectivity index (χ4n) is 0.477. The number of hydrogen-bond acceptors (Lipinski definition) is 0. The van der Waals surface area contributed by atoms with Gasteiger partial charge in [0.1, 0.15) is 11.6 Å². The van der Waals surface area contributed by atoms with E-state index in [1.165, 1.54) is 18.2 Å². The summed E-state index contributed by atoms with van der Waals surface area (Å²) in [4.78, 5) is 0. The van der Waals surface area contributed by atoms with E-state index in [9.17, 15) is 8.78 Å². The van der Waals surface area contributed by atoms with Gasteiger partial charge in [-0.3, -0.25) is 0 Å². The SMILES string of the molecule is Br.Fc1cccc(F)c1Br. The van der Waals surface area contributed by atoms with Gasteiger partial charge >= 0.3 is 0 Å². The molecular formula is C6H4Br2F2. The molecule has 0 unspecified atom stereocenters. The van der Waals surface area contributed by atoms with Crippen LogP contribution in [0.4, 0.5) is 8.78 Å². The highest BCUT2D eigenvalue weighted by atomic mass is 79.9. The standard InChI is InChI=1S/C6H3BrF2.BrH/c7-6-4(8)2-1-3-5(6)9;/h1-3H;1H. The molecular weight excluding hydrogens is 270 g/mol. The van der Waals surface area contributed by atoms with Crippen molar-refractivity contribution in [3.05, 3.63) is 34.3 Å². The third kappa shape index (κ3) is 2.02. The van der Waals surface area contributed by atoms with Gasteiger partial charge in [-0.2, -0.15) is 0 Å². The Hall–Kier alpha value is 0.0400. The van der Waals surface area contributed by atoms with Crippen molar-refractivity contribution in [2.75, 3.05) is 0 Å². The fourth-order valence-corrected chi connectivity index (χ4v) is 0.742. The maximum absolute atomic E-state index is 12.3. The van der Waals surface area contributed by atoms with Gasteiger partial charge in [0, 0.05) is 0 Å². The Morgan fingerprint density at radius 2 is 1.50 bits per heavy atom. The summed E-state index contributed by atoms with van der Waals surface area (Å²) in [5, 5.41) is 0. The van der Waals surface area contributed by atoms with Crippen LogP contribution in [0.25, 0.3) is 0 Å². The second kappa shape index (κ2) is 4.03. The zero-order chi connectivity index (χ0) is 6.85. The first-order chi connectivity index (χ1) is 4.22. The third-order valence-electron chi connectivity index (χ3n) is 0.904. The van der Waals surface area contributed by atoms with Crippen molar-refractivity contribution in [3.8, 4) is 0 Å². The Bertz CT molecular complexity index is 205. The zero-order valence-corrected chi connectivity index (χ0v) is 8.07. The predicted octanol–water partition coefficient (Wildman–Crippen LogP) is 3.31. The van der Waals surface area contributed by atoms with Crippen molar-refractivity contribution in [3.63, 3.8) is 0 Å². The molecule has 56 valence electrons. The zero-order valence-electron chi connectivity index (χ0n) is 4.77. The van der Waals surface area contributed by atoms with E-state index in [0.29, 0.717) is 0 Å². The topological polar surface area (TPSA) is 0 Å². The van der Waals surface area contributed by atoms with Crippen molar-refractivity contribution < 1.29 is 8.78 Å². The molecule has 1 aromatic carbocycles. The highest BCUT2D eigenvalue weighted by molar-refractivity contribution is 9.10. The van der Waals surface area contributed by atoms with E-state index >= 15 is 0 Å². The van der Waals surface area contributed by atoms with Gasteiger partial charge in [0.05, 0.1) is 4.47 Å². The number of halogens is 4. The molecule has 0 saturated carbocycles. The van der Waals surface area contributed by atoms with Crippen LogP contribution in [0.15, 0.2) is 22.7 Å². The molecule has 0 heterocycles. The van der Waals surface area contributed by atoms with Crippen molar-refractivity contribution in [2.24, 2.45) is 0 Å². The fraction of sp³-hybridized carbons (Fsp3) is 0. The summed E-state index contributed by atoms with van der Waals surface area (Å²) >= 11 is 2.73. The molecule has 1 aromatic rings. The quantitative estimate of drug-likeness (QED) is 0.637. The van der Waals surface area contributed by atoms with E-state index in [1.807, 2.05) is 0 Å². The second-order valence-electron chi connectivity index (χ2n) is 1.54. The summed E-state index contributed by atoms with van der Waals surface area (Å²) < 4.78 is 24.5. The summed E-state index contributed by atoms with van der Waals surface area (Å²) in [6.45, 7) is 0. The summed E-state index contributed by atoms with van der Waals surface area (Å²) in [6, 6.07) is 3.69. The Morgan fingerprint density at radius 1 is 1.10 bits per heavy atom. The molecule has 0 bridgehead atoms.